The third kappa shape index (κ3) is 1.68. The number of hydrogen-bond acceptors (Lipinski definition) is 3. The predicted molar refractivity (Wildman–Crippen MR) is 68.2 cm³/mol. The monoisotopic (exact) mass is 289 g/mol. The number of benzene rings is 1. The molecule has 2 heterocycles. The molecule has 3 rings (SSSR count). The molecule has 0 saturated heterocycles. The smallest absolute Gasteiger partial charge is 0.212 e. The fraction of sp³-hybridized carbons (Fsp3) is 0. The van der Waals surface area contributed by atoms with Crippen LogP contribution in [0.3, 0.4) is 0 Å². The van der Waals surface area contributed by atoms with Gasteiger partial charge in [-0.25, -0.2) is 4.98 Å². The minimum Gasteiger partial charge on any atom is -0.493 e. The summed E-state index contributed by atoms with van der Waals surface area (Å²) in [4.78, 5) is 8.33. The first-order chi connectivity index (χ1) is 8.25. The quantitative estimate of drug-likeness (QED) is 0.749. The van der Waals surface area contributed by atoms with Crippen LogP contribution in [-0.4, -0.2) is 19.6 Å². The molecule has 0 amide bonds. The van der Waals surface area contributed by atoms with Crippen LogP contribution in [-0.2, 0) is 0 Å². The number of halogens is 1. The van der Waals surface area contributed by atoms with Crippen molar-refractivity contribution in [3.8, 4) is 11.6 Å². The van der Waals surface area contributed by atoms with Gasteiger partial charge in [-0.05, 0) is 34.1 Å². The topological polar surface area (TPSA) is 50.9 Å². The number of para-hydroxylation sites is 1. The summed E-state index contributed by atoms with van der Waals surface area (Å²) in [5, 5.41) is 9.43. The Balaban J connectivity index is 2.31. The molecule has 1 N–H and O–H groups in total. The van der Waals surface area contributed by atoms with Crippen LogP contribution in [0, 0.1) is 0 Å². The number of nitrogens with zero attached hydrogens (tertiary/aromatic N) is 3. The van der Waals surface area contributed by atoms with Crippen LogP contribution in [0.25, 0.3) is 16.9 Å². The molecule has 0 aliphatic rings. The second kappa shape index (κ2) is 3.85. The maximum absolute atomic E-state index is 9.43. The van der Waals surface area contributed by atoms with E-state index in [0.29, 0.717) is 5.65 Å². The van der Waals surface area contributed by atoms with Crippen molar-refractivity contribution in [3.05, 3.63) is 47.2 Å². The highest BCUT2D eigenvalue weighted by molar-refractivity contribution is 9.10. The molecule has 84 valence electrons. The lowest BCUT2D eigenvalue weighted by atomic mass is 10.3. The molecule has 1 aromatic carbocycles. The molecular formula is C12H8BrN3O. The lowest BCUT2D eigenvalue weighted by Crippen LogP contribution is -1.94. The molecule has 0 saturated carbocycles. The highest BCUT2D eigenvalue weighted by Crippen LogP contribution is 2.24. The van der Waals surface area contributed by atoms with Gasteiger partial charge in [0.1, 0.15) is 11.8 Å². The van der Waals surface area contributed by atoms with Crippen molar-refractivity contribution in [2.45, 2.75) is 0 Å². The second-order valence-electron chi connectivity index (χ2n) is 3.58. The average Bonchev–Trinajstić information content (AvgIpc) is 2.72. The van der Waals surface area contributed by atoms with Crippen LogP contribution < -0.4 is 0 Å². The van der Waals surface area contributed by atoms with Crippen LogP contribution in [0.15, 0.2) is 47.2 Å². The zero-order chi connectivity index (χ0) is 11.8. The number of fused-ring (bicyclic) bond motifs is 1. The summed E-state index contributed by atoms with van der Waals surface area (Å²) in [6, 6.07) is 11.1. The molecule has 0 aliphatic heterocycles. The number of aromatic hydroxyl groups is 1. The summed E-state index contributed by atoms with van der Waals surface area (Å²) in [6.45, 7) is 0. The Morgan fingerprint density at radius 2 is 1.94 bits per heavy atom. The lowest BCUT2D eigenvalue weighted by molar-refractivity contribution is 0.455. The second-order valence-corrected chi connectivity index (χ2v) is 4.43. The maximum atomic E-state index is 9.43. The van der Waals surface area contributed by atoms with E-state index >= 15 is 0 Å². The van der Waals surface area contributed by atoms with E-state index in [1.807, 2.05) is 28.8 Å². The first kappa shape index (κ1) is 10.3. The molecule has 3 aromatic rings. The Labute approximate surface area is 106 Å². The van der Waals surface area contributed by atoms with Crippen LogP contribution in [0.4, 0.5) is 0 Å². The molecule has 0 spiro atoms. The third-order valence-electron chi connectivity index (χ3n) is 2.49. The van der Waals surface area contributed by atoms with Gasteiger partial charge >= 0.3 is 0 Å². The number of imidazole rings is 1. The van der Waals surface area contributed by atoms with Crippen LogP contribution >= 0.6 is 15.9 Å². The molecular weight excluding hydrogens is 282 g/mol. The van der Waals surface area contributed by atoms with Crippen molar-refractivity contribution in [2.24, 2.45) is 0 Å². The largest absolute Gasteiger partial charge is 0.493 e. The van der Waals surface area contributed by atoms with Gasteiger partial charge in [0.2, 0.25) is 5.88 Å². The summed E-state index contributed by atoms with van der Waals surface area (Å²) in [5.41, 5.74) is 2.32. The van der Waals surface area contributed by atoms with Gasteiger partial charge in [0, 0.05) is 10.5 Å². The Morgan fingerprint density at radius 3 is 2.76 bits per heavy atom. The van der Waals surface area contributed by atoms with E-state index < -0.39 is 0 Å². The van der Waals surface area contributed by atoms with Gasteiger partial charge in [-0.2, -0.15) is 4.98 Å². The molecule has 2 aromatic heterocycles. The molecule has 4 nitrogen and oxygen atoms in total. The first-order valence-corrected chi connectivity index (χ1v) is 5.83. The van der Waals surface area contributed by atoms with Crippen LogP contribution in [0.2, 0.25) is 0 Å². The Bertz CT molecular complexity index is 693. The van der Waals surface area contributed by atoms with E-state index in [9.17, 15) is 5.11 Å². The maximum Gasteiger partial charge on any atom is 0.212 e. The molecule has 0 unspecified atom stereocenters. The van der Waals surface area contributed by atoms with Crippen molar-refractivity contribution >= 4 is 27.1 Å². The van der Waals surface area contributed by atoms with Gasteiger partial charge in [-0.15, -0.1) is 0 Å². The fourth-order valence-electron chi connectivity index (χ4n) is 1.71. The number of hydrogen-bond donors (Lipinski definition) is 1. The van der Waals surface area contributed by atoms with E-state index in [0.717, 1.165) is 15.7 Å². The van der Waals surface area contributed by atoms with Crippen molar-refractivity contribution in [1.29, 1.82) is 0 Å². The third-order valence-corrected chi connectivity index (χ3v) is 3.16. The standard InChI is InChI=1S/C12H8BrN3O/c13-8-3-1-2-4-10(8)16-7-14-9-5-6-11(17)15-12(9)16/h1-7H,(H,15,17). The predicted octanol–water partition coefficient (Wildman–Crippen LogP) is 2.89. The normalized spacial score (nSPS) is 10.9. The summed E-state index contributed by atoms with van der Waals surface area (Å²) in [6.07, 6.45) is 1.69. The summed E-state index contributed by atoms with van der Waals surface area (Å²) >= 11 is 3.48. The average molecular weight is 290 g/mol. The molecule has 17 heavy (non-hydrogen) atoms. The Morgan fingerprint density at radius 1 is 1.12 bits per heavy atom. The van der Waals surface area contributed by atoms with Crippen LogP contribution in [0.1, 0.15) is 0 Å². The number of pyridine rings is 1. The molecule has 0 bridgehead atoms. The molecule has 0 aliphatic carbocycles. The van der Waals surface area contributed by atoms with Crippen molar-refractivity contribution in [3.63, 3.8) is 0 Å². The number of rotatable bonds is 1. The van der Waals surface area contributed by atoms with Gasteiger partial charge in [-0.1, -0.05) is 12.1 Å². The van der Waals surface area contributed by atoms with Crippen molar-refractivity contribution in [1.82, 2.24) is 14.5 Å². The highest BCUT2D eigenvalue weighted by Gasteiger charge is 2.08. The summed E-state index contributed by atoms with van der Waals surface area (Å²) in [7, 11) is 0. The van der Waals surface area contributed by atoms with Gasteiger partial charge < -0.3 is 5.11 Å². The van der Waals surface area contributed by atoms with E-state index in [1.54, 1.807) is 12.4 Å². The van der Waals surface area contributed by atoms with Crippen molar-refractivity contribution in [2.75, 3.05) is 0 Å². The first-order valence-electron chi connectivity index (χ1n) is 5.04. The van der Waals surface area contributed by atoms with E-state index in [1.165, 1.54) is 6.07 Å². The summed E-state index contributed by atoms with van der Waals surface area (Å²) in [5.74, 6) is -0.00805. The van der Waals surface area contributed by atoms with Gasteiger partial charge in [-0.3, -0.25) is 4.57 Å². The van der Waals surface area contributed by atoms with Gasteiger partial charge in [0.15, 0.2) is 5.65 Å². The summed E-state index contributed by atoms with van der Waals surface area (Å²) < 4.78 is 2.78. The zero-order valence-electron chi connectivity index (χ0n) is 8.71. The molecule has 5 heteroatoms. The van der Waals surface area contributed by atoms with Gasteiger partial charge in [0.05, 0.1) is 5.69 Å². The molecule has 0 atom stereocenters. The minimum atomic E-state index is -0.00805. The zero-order valence-corrected chi connectivity index (χ0v) is 10.3. The number of aromatic nitrogens is 3. The van der Waals surface area contributed by atoms with E-state index in [4.69, 9.17) is 0 Å². The fourth-order valence-corrected chi connectivity index (χ4v) is 2.18. The lowest BCUT2D eigenvalue weighted by Gasteiger charge is -2.05. The van der Waals surface area contributed by atoms with Crippen LogP contribution in [0.5, 0.6) is 5.88 Å². The SMILES string of the molecule is Oc1ccc2ncn(-c3ccccc3Br)c2n1. The Hall–Kier alpha value is -1.88. The van der Waals surface area contributed by atoms with E-state index in [2.05, 4.69) is 25.9 Å². The minimum absolute atomic E-state index is 0.00805. The molecule has 0 radical (unpaired) electrons. The highest BCUT2D eigenvalue weighted by atomic mass is 79.9. The molecule has 0 fully saturated rings. The van der Waals surface area contributed by atoms with Crippen molar-refractivity contribution < 1.29 is 5.11 Å². The Kier molecular flexibility index (Phi) is 2.33. The van der Waals surface area contributed by atoms with Gasteiger partial charge in [0.25, 0.3) is 0 Å². The van der Waals surface area contributed by atoms with E-state index in [-0.39, 0.29) is 5.88 Å².